The van der Waals surface area contributed by atoms with Crippen molar-refractivity contribution in [1.29, 1.82) is 0 Å². The average molecular weight is 389 g/mol. The van der Waals surface area contributed by atoms with Crippen LogP contribution < -0.4 is 23.8 Å². The summed E-state index contributed by atoms with van der Waals surface area (Å²) in [6, 6.07) is 8.50. The van der Waals surface area contributed by atoms with E-state index in [1.165, 1.54) is 28.4 Å². The summed E-state index contributed by atoms with van der Waals surface area (Å²) in [5, 5.41) is 10.1. The number of phenols is 1. The van der Waals surface area contributed by atoms with Crippen LogP contribution in [0.3, 0.4) is 0 Å². The smallest absolute Gasteiger partial charge is 0.229 e. The summed E-state index contributed by atoms with van der Waals surface area (Å²) in [6.07, 6.45) is 0. The van der Waals surface area contributed by atoms with Gasteiger partial charge in [0, 0.05) is 18.1 Å². The predicted molar refractivity (Wildman–Crippen MR) is 107 cm³/mol. The highest BCUT2D eigenvalue weighted by atomic mass is 16.5. The highest BCUT2D eigenvalue weighted by molar-refractivity contribution is 5.95. The monoisotopic (exact) mass is 389 g/mol. The van der Waals surface area contributed by atoms with E-state index in [2.05, 4.69) is 0 Å². The molecule has 0 bridgehead atoms. The number of hydrogen-bond donors (Lipinski definition) is 1. The van der Waals surface area contributed by atoms with Crippen molar-refractivity contribution in [3.63, 3.8) is 0 Å². The van der Waals surface area contributed by atoms with Crippen LogP contribution in [0.2, 0.25) is 0 Å². The van der Waals surface area contributed by atoms with E-state index in [-0.39, 0.29) is 24.1 Å². The van der Waals surface area contributed by atoms with Gasteiger partial charge >= 0.3 is 0 Å². The molecule has 2 rings (SSSR count). The van der Waals surface area contributed by atoms with Crippen LogP contribution in [0.1, 0.15) is 19.4 Å². The van der Waals surface area contributed by atoms with E-state index >= 15 is 0 Å². The maximum absolute atomic E-state index is 12.9. The Morgan fingerprint density at radius 1 is 0.929 bits per heavy atom. The fourth-order valence-corrected chi connectivity index (χ4v) is 2.85. The first-order valence-electron chi connectivity index (χ1n) is 8.83. The highest BCUT2D eigenvalue weighted by Gasteiger charge is 2.23. The Morgan fingerprint density at radius 3 is 1.93 bits per heavy atom. The van der Waals surface area contributed by atoms with Crippen molar-refractivity contribution >= 4 is 11.6 Å². The molecule has 0 heterocycles. The molecular weight excluding hydrogens is 362 g/mol. The lowest BCUT2D eigenvalue weighted by Crippen LogP contribution is -2.33. The lowest BCUT2D eigenvalue weighted by molar-refractivity contribution is -0.121. The summed E-state index contributed by atoms with van der Waals surface area (Å²) in [5.74, 6) is 1.44. The number of benzene rings is 2. The molecule has 7 heteroatoms. The van der Waals surface area contributed by atoms with Gasteiger partial charge in [-0.3, -0.25) is 4.79 Å². The lowest BCUT2D eigenvalue weighted by Gasteiger charge is -2.26. The second-order valence-corrected chi connectivity index (χ2v) is 6.47. The number of aromatic hydroxyl groups is 1. The molecule has 28 heavy (non-hydrogen) atoms. The second-order valence-electron chi connectivity index (χ2n) is 6.47. The molecule has 0 spiro atoms. The van der Waals surface area contributed by atoms with Crippen LogP contribution in [0.25, 0.3) is 0 Å². The first-order chi connectivity index (χ1) is 13.4. The summed E-state index contributed by atoms with van der Waals surface area (Å²) in [6.45, 7) is 3.92. The first kappa shape index (κ1) is 21.2. The standard InChI is InChI=1S/C21H27NO6/c1-13(2)21(24)22(12-14-7-8-17(25-3)16(23)9-14)15-10-18(26-4)20(28-6)19(11-15)27-5/h7-11,13,23H,12H2,1-6H3. The molecular formula is C21H27NO6. The minimum absolute atomic E-state index is 0.0156. The van der Waals surface area contributed by atoms with Crippen molar-refractivity contribution < 1.29 is 28.8 Å². The SMILES string of the molecule is COc1ccc(CN(C(=O)C(C)C)c2cc(OC)c(OC)c(OC)c2)cc1O. The lowest BCUT2D eigenvalue weighted by atomic mass is 10.1. The number of hydrogen-bond acceptors (Lipinski definition) is 6. The third-order valence-electron chi connectivity index (χ3n) is 4.31. The molecule has 7 nitrogen and oxygen atoms in total. The topological polar surface area (TPSA) is 77.5 Å². The van der Waals surface area contributed by atoms with E-state index in [0.717, 1.165) is 5.56 Å². The van der Waals surface area contributed by atoms with Crippen molar-refractivity contribution in [3.8, 4) is 28.7 Å². The molecule has 0 aliphatic carbocycles. The van der Waals surface area contributed by atoms with Crippen molar-refractivity contribution in [2.45, 2.75) is 20.4 Å². The zero-order valence-corrected chi connectivity index (χ0v) is 17.1. The normalized spacial score (nSPS) is 10.5. The van der Waals surface area contributed by atoms with Crippen molar-refractivity contribution in [3.05, 3.63) is 35.9 Å². The third-order valence-corrected chi connectivity index (χ3v) is 4.31. The number of methoxy groups -OCH3 is 4. The molecule has 2 aromatic carbocycles. The minimum Gasteiger partial charge on any atom is -0.504 e. The van der Waals surface area contributed by atoms with Gasteiger partial charge in [0.15, 0.2) is 23.0 Å². The van der Waals surface area contributed by atoms with Gasteiger partial charge in [-0.1, -0.05) is 19.9 Å². The number of anilines is 1. The number of nitrogens with zero attached hydrogens (tertiary/aromatic N) is 1. The van der Waals surface area contributed by atoms with E-state index < -0.39 is 0 Å². The molecule has 0 fully saturated rings. The quantitative estimate of drug-likeness (QED) is 0.743. The maximum Gasteiger partial charge on any atom is 0.229 e. The number of ether oxygens (including phenoxy) is 4. The van der Waals surface area contributed by atoms with Gasteiger partial charge in [-0.15, -0.1) is 0 Å². The van der Waals surface area contributed by atoms with Crippen LogP contribution in [-0.2, 0) is 11.3 Å². The van der Waals surface area contributed by atoms with Gasteiger partial charge < -0.3 is 29.0 Å². The number of carbonyl (C=O) groups is 1. The molecule has 2 aromatic rings. The van der Waals surface area contributed by atoms with Crippen molar-refractivity contribution in [1.82, 2.24) is 0 Å². The average Bonchev–Trinajstić information content (AvgIpc) is 2.70. The molecule has 1 amide bonds. The van der Waals surface area contributed by atoms with Crippen molar-refractivity contribution in [2.75, 3.05) is 33.3 Å². The van der Waals surface area contributed by atoms with Gasteiger partial charge in [0.05, 0.1) is 40.7 Å². The second kappa shape index (κ2) is 9.21. The molecule has 0 radical (unpaired) electrons. The van der Waals surface area contributed by atoms with Crippen LogP contribution >= 0.6 is 0 Å². The number of amides is 1. The maximum atomic E-state index is 12.9. The number of rotatable bonds is 8. The highest BCUT2D eigenvalue weighted by Crippen LogP contribution is 2.41. The van der Waals surface area contributed by atoms with Crippen LogP contribution in [0, 0.1) is 5.92 Å². The largest absolute Gasteiger partial charge is 0.504 e. The molecule has 0 saturated carbocycles. The van der Waals surface area contributed by atoms with Gasteiger partial charge in [0.1, 0.15) is 0 Å². The fraction of sp³-hybridized carbons (Fsp3) is 0.381. The molecule has 0 unspecified atom stereocenters. The minimum atomic E-state index is -0.231. The molecule has 0 atom stereocenters. The summed E-state index contributed by atoms with van der Waals surface area (Å²) in [4.78, 5) is 14.6. The number of carbonyl (C=O) groups excluding carboxylic acids is 1. The van der Waals surface area contributed by atoms with Crippen LogP contribution in [0.15, 0.2) is 30.3 Å². The third kappa shape index (κ3) is 4.42. The molecule has 1 N–H and O–H groups in total. The van der Waals surface area contributed by atoms with Crippen LogP contribution in [-0.4, -0.2) is 39.5 Å². The van der Waals surface area contributed by atoms with Gasteiger partial charge in [0.2, 0.25) is 11.7 Å². The van der Waals surface area contributed by atoms with Gasteiger partial charge in [-0.05, 0) is 17.7 Å². The summed E-state index contributed by atoms with van der Waals surface area (Å²) in [5.41, 5.74) is 1.35. The fourth-order valence-electron chi connectivity index (χ4n) is 2.85. The predicted octanol–water partition coefficient (Wildman–Crippen LogP) is 3.62. The van der Waals surface area contributed by atoms with Gasteiger partial charge in [-0.25, -0.2) is 0 Å². The Balaban J connectivity index is 2.52. The number of phenolic OH excluding ortho intramolecular Hbond substituents is 1. The van der Waals surface area contributed by atoms with E-state index in [1.54, 1.807) is 35.2 Å². The first-order valence-corrected chi connectivity index (χ1v) is 8.83. The van der Waals surface area contributed by atoms with Gasteiger partial charge in [-0.2, -0.15) is 0 Å². The Morgan fingerprint density at radius 2 is 1.50 bits per heavy atom. The van der Waals surface area contributed by atoms with Crippen LogP contribution in [0.4, 0.5) is 5.69 Å². The van der Waals surface area contributed by atoms with E-state index in [1.807, 2.05) is 13.8 Å². The Kier molecular flexibility index (Phi) is 6.98. The molecule has 0 aromatic heterocycles. The zero-order valence-electron chi connectivity index (χ0n) is 17.1. The van der Waals surface area contributed by atoms with E-state index in [4.69, 9.17) is 18.9 Å². The molecule has 0 aliphatic rings. The zero-order chi connectivity index (χ0) is 20.8. The van der Waals surface area contributed by atoms with Crippen LogP contribution in [0.5, 0.6) is 28.7 Å². The Bertz CT molecular complexity index is 809. The van der Waals surface area contributed by atoms with E-state index in [0.29, 0.717) is 28.7 Å². The summed E-state index contributed by atoms with van der Waals surface area (Å²) >= 11 is 0. The van der Waals surface area contributed by atoms with Gasteiger partial charge in [0.25, 0.3) is 0 Å². The molecule has 0 aliphatic heterocycles. The Labute approximate surface area is 165 Å². The van der Waals surface area contributed by atoms with E-state index in [9.17, 15) is 9.90 Å². The summed E-state index contributed by atoms with van der Waals surface area (Å²) < 4.78 is 21.3. The molecule has 0 saturated heterocycles. The molecule has 152 valence electrons. The summed E-state index contributed by atoms with van der Waals surface area (Å²) in [7, 11) is 6.06. The van der Waals surface area contributed by atoms with Crippen molar-refractivity contribution in [2.24, 2.45) is 5.92 Å². The Hall–Kier alpha value is -3.09.